The first kappa shape index (κ1) is 18.7. The van der Waals surface area contributed by atoms with E-state index in [0.29, 0.717) is 42.7 Å². The van der Waals surface area contributed by atoms with Gasteiger partial charge in [0.1, 0.15) is 0 Å². The largest absolute Gasteiger partial charge is 0.339 e. The third-order valence-corrected chi connectivity index (χ3v) is 5.18. The summed E-state index contributed by atoms with van der Waals surface area (Å²) in [4.78, 5) is 43.4. The molecule has 0 saturated carbocycles. The molecule has 1 aliphatic rings. The van der Waals surface area contributed by atoms with E-state index in [1.165, 1.54) is 0 Å². The number of likely N-dealkylation sites (tertiary alicyclic amines) is 1. The number of rotatable bonds is 4. The number of benzene rings is 2. The number of amides is 2. The number of aromatic nitrogens is 2. The number of anilines is 1. The molecule has 3 aromatic rings. The van der Waals surface area contributed by atoms with Crippen molar-refractivity contribution in [2.75, 3.05) is 18.4 Å². The van der Waals surface area contributed by atoms with Gasteiger partial charge < -0.3 is 20.2 Å². The van der Waals surface area contributed by atoms with Gasteiger partial charge in [0.15, 0.2) is 0 Å². The van der Waals surface area contributed by atoms with Crippen molar-refractivity contribution in [3.63, 3.8) is 0 Å². The Morgan fingerprint density at radius 3 is 2.48 bits per heavy atom. The number of piperidine rings is 1. The van der Waals surface area contributed by atoms with Gasteiger partial charge in [0.25, 0.3) is 0 Å². The number of H-pyrrole nitrogens is 2. The molecule has 0 unspecified atom stereocenters. The van der Waals surface area contributed by atoms with Crippen LogP contribution < -0.4 is 11.0 Å². The highest BCUT2D eigenvalue weighted by Gasteiger charge is 2.26. The van der Waals surface area contributed by atoms with Crippen LogP contribution in [0.1, 0.15) is 18.4 Å². The summed E-state index contributed by atoms with van der Waals surface area (Å²) in [5.74, 6) is -0.234. The summed E-state index contributed by atoms with van der Waals surface area (Å²) in [5.41, 5.74) is 2.70. The molecular formula is C22H22N4O3. The minimum atomic E-state index is -0.276. The Labute approximate surface area is 167 Å². The zero-order valence-corrected chi connectivity index (χ0v) is 15.9. The zero-order chi connectivity index (χ0) is 20.2. The van der Waals surface area contributed by atoms with E-state index in [-0.39, 0.29) is 23.4 Å². The van der Waals surface area contributed by atoms with Gasteiger partial charge in [-0.3, -0.25) is 9.59 Å². The standard InChI is InChI=1S/C22H22N4O3/c27-20(9-6-15-4-2-1-3-5-15)26-12-10-16(11-13-26)21(28)23-17-7-8-18-19(14-17)25-22(29)24-18/h1-9,14,16H,10-13H2,(H,23,28)(H2,24,25,29)/b9-6+. The fourth-order valence-corrected chi connectivity index (χ4v) is 3.55. The lowest BCUT2D eigenvalue weighted by molar-refractivity contribution is -0.130. The number of hydrogen-bond acceptors (Lipinski definition) is 3. The first-order valence-corrected chi connectivity index (χ1v) is 9.63. The van der Waals surface area contributed by atoms with Crippen molar-refractivity contribution in [2.24, 2.45) is 5.92 Å². The van der Waals surface area contributed by atoms with Gasteiger partial charge in [-0.2, -0.15) is 0 Å². The van der Waals surface area contributed by atoms with Crippen LogP contribution in [-0.4, -0.2) is 39.8 Å². The van der Waals surface area contributed by atoms with Gasteiger partial charge in [-0.15, -0.1) is 0 Å². The molecule has 2 heterocycles. The van der Waals surface area contributed by atoms with E-state index in [2.05, 4.69) is 15.3 Å². The van der Waals surface area contributed by atoms with E-state index in [4.69, 9.17) is 0 Å². The second kappa shape index (κ2) is 8.18. The molecule has 1 aromatic heterocycles. The quantitative estimate of drug-likeness (QED) is 0.598. The third-order valence-electron chi connectivity index (χ3n) is 5.18. The Balaban J connectivity index is 1.31. The molecule has 2 amide bonds. The van der Waals surface area contributed by atoms with Gasteiger partial charge in [-0.1, -0.05) is 30.3 Å². The fraction of sp³-hybridized carbons (Fsp3) is 0.227. The molecule has 4 rings (SSSR count). The number of aromatic amines is 2. The summed E-state index contributed by atoms with van der Waals surface area (Å²) >= 11 is 0. The Bertz CT molecular complexity index is 1110. The molecule has 3 N–H and O–H groups in total. The Hall–Kier alpha value is -3.61. The molecule has 7 heteroatoms. The van der Waals surface area contributed by atoms with E-state index < -0.39 is 0 Å². The predicted octanol–water partition coefficient (Wildman–Crippen LogP) is 2.75. The van der Waals surface area contributed by atoms with Gasteiger partial charge >= 0.3 is 5.69 Å². The molecule has 0 radical (unpaired) electrons. The van der Waals surface area contributed by atoms with Gasteiger partial charge in [-0.05, 0) is 42.7 Å². The van der Waals surface area contributed by atoms with Crippen molar-refractivity contribution in [1.29, 1.82) is 0 Å². The van der Waals surface area contributed by atoms with Crippen molar-refractivity contribution >= 4 is 34.6 Å². The van der Waals surface area contributed by atoms with Crippen LogP contribution in [-0.2, 0) is 9.59 Å². The van der Waals surface area contributed by atoms with Crippen molar-refractivity contribution in [3.8, 4) is 0 Å². The molecule has 0 spiro atoms. The lowest BCUT2D eigenvalue weighted by atomic mass is 9.95. The van der Waals surface area contributed by atoms with Gasteiger partial charge in [-0.25, -0.2) is 4.79 Å². The lowest BCUT2D eigenvalue weighted by Crippen LogP contribution is -2.40. The molecule has 0 aliphatic carbocycles. The monoisotopic (exact) mass is 390 g/mol. The van der Waals surface area contributed by atoms with Gasteiger partial charge in [0.05, 0.1) is 11.0 Å². The van der Waals surface area contributed by atoms with Crippen LogP contribution in [0.25, 0.3) is 17.1 Å². The molecular weight excluding hydrogens is 368 g/mol. The van der Waals surface area contributed by atoms with Crippen molar-refractivity contribution < 1.29 is 9.59 Å². The van der Waals surface area contributed by atoms with Crippen LogP contribution in [0.3, 0.4) is 0 Å². The van der Waals surface area contributed by atoms with Crippen LogP contribution >= 0.6 is 0 Å². The topological polar surface area (TPSA) is 98.1 Å². The van der Waals surface area contributed by atoms with Crippen LogP contribution in [0.2, 0.25) is 0 Å². The molecule has 2 aromatic carbocycles. The molecule has 29 heavy (non-hydrogen) atoms. The van der Waals surface area contributed by atoms with Gasteiger partial charge in [0.2, 0.25) is 11.8 Å². The number of carbonyl (C=O) groups excluding carboxylic acids is 2. The van der Waals surface area contributed by atoms with Crippen molar-refractivity contribution in [2.45, 2.75) is 12.8 Å². The molecule has 1 fully saturated rings. The number of imidazole rings is 1. The number of fused-ring (bicyclic) bond motifs is 1. The van der Waals surface area contributed by atoms with E-state index in [1.54, 1.807) is 29.2 Å². The Morgan fingerprint density at radius 1 is 1.00 bits per heavy atom. The molecule has 1 aliphatic heterocycles. The third kappa shape index (κ3) is 4.45. The minimum absolute atomic E-state index is 0.0328. The average Bonchev–Trinajstić information content (AvgIpc) is 3.12. The normalized spacial score (nSPS) is 15.1. The summed E-state index contributed by atoms with van der Waals surface area (Å²) in [6, 6.07) is 14.9. The van der Waals surface area contributed by atoms with Crippen molar-refractivity contribution in [3.05, 3.63) is 70.7 Å². The summed E-state index contributed by atoms with van der Waals surface area (Å²) in [7, 11) is 0. The first-order valence-electron chi connectivity index (χ1n) is 9.63. The predicted molar refractivity (Wildman–Crippen MR) is 112 cm³/mol. The highest BCUT2D eigenvalue weighted by atomic mass is 16.2. The molecule has 148 valence electrons. The number of carbonyl (C=O) groups is 2. The fourth-order valence-electron chi connectivity index (χ4n) is 3.55. The van der Waals surface area contributed by atoms with E-state index in [9.17, 15) is 14.4 Å². The minimum Gasteiger partial charge on any atom is -0.339 e. The highest BCUT2D eigenvalue weighted by Crippen LogP contribution is 2.21. The maximum absolute atomic E-state index is 12.6. The van der Waals surface area contributed by atoms with Crippen molar-refractivity contribution in [1.82, 2.24) is 14.9 Å². The second-order valence-corrected chi connectivity index (χ2v) is 7.17. The SMILES string of the molecule is O=C(Nc1ccc2[nH]c(=O)[nH]c2c1)C1CCN(C(=O)/C=C/c2ccccc2)CC1. The Morgan fingerprint density at radius 2 is 1.72 bits per heavy atom. The highest BCUT2D eigenvalue weighted by molar-refractivity contribution is 5.95. The lowest BCUT2D eigenvalue weighted by Gasteiger charge is -2.30. The van der Waals surface area contributed by atoms with Crippen LogP contribution in [0, 0.1) is 5.92 Å². The first-order chi connectivity index (χ1) is 14.1. The summed E-state index contributed by atoms with van der Waals surface area (Å²) in [6.07, 6.45) is 4.64. The smallest absolute Gasteiger partial charge is 0.323 e. The summed E-state index contributed by atoms with van der Waals surface area (Å²) < 4.78 is 0. The maximum Gasteiger partial charge on any atom is 0.323 e. The van der Waals surface area contributed by atoms with Crippen LogP contribution in [0.4, 0.5) is 5.69 Å². The average molecular weight is 390 g/mol. The Kier molecular flexibility index (Phi) is 5.29. The zero-order valence-electron chi connectivity index (χ0n) is 15.9. The molecule has 1 saturated heterocycles. The number of hydrogen-bond donors (Lipinski definition) is 3. The van der Waals surface area contributed by atoms with E-state index >= 15 is 0 Å². The summed E-state index contributed by atoms with van der Waals surface area (Å²) in [5, 5.41) is 2.91. The molecule has 7 nitrogen and oxygen atoms in total. The van der Waals surface area contributed by atoms with E-state index in [1.807, 2.05) is 36.4 Å². The second-order valence-electron chi connectivity index (χ2n) is 7.17. The maximum atomic E-state index is 12.6. The van der Waals surface area contributed by atoms with Gasteiger partial charge in [0, 0.05) is 30.8 Å². The van der Waals surface area contributed by atoms with Crippen LogP contribution in [0.5, 0.6) is 0 Å². The summed E-state index contributed by atoms with van der Waals surface area (Å²) in [6.45, 7) is 1.11. The molecule has 0 atom stereocenters. The van der Waals surface area contributed by atoms with E-state index in [0.717, 1.165) is 5.56 Å². The number of nitrogens with one attached hydrogen (secondary N) is 3. The van der Waals surface area contributed by atoms with Crippen LogP contribution in [0.15, 0.2) is 59.4 Å². The molecule has 0 bridgehead atoms. The number of nitrogens with zero attached hydrogens (tertiary/aromatic N) is 1.